The molecule has 0 atom stereocenters. The maximum absolute atomic E-state index is 12.4. The smallest absolute Gasteiger partial charge is 0.328 e. The SMILES string of the molecule is COC(=O)CCc1cc(C(C)(C)C)c(C(OP(O)O)(c2c(C(C)(C)C)cc(CCC(=O)OC)cc2C(C)(C)C)C(CO)(CO)COP(O)O)c(C(C)(C)C)c1. The van der Waals surface area contributed by atoms with Crippen molar-refractivity contribution < 1.29 is 57.9 Å². The van der Waals surface area contributed by atoms with Gasteiger partial charge in [-0.1, -0.05) is 107 Å². The van der Waals surface area contributed by atoms with Gasteiger partial charge in [0.05, 0.1) is 39.5 Å². The Bertz CT molecular complexity index is 1450. The van der Waals surface area contributed by atoms with Crippen LogP contribution in [0.4, 0.5) is 0 Å². The second-order valence-corrected chi connectivity index (χ2v) is 19.9. The average Bonchev–Trinajstić information content (AvgIpc) is 3.06. The van der Waals surface area contributed by atoms with Gasteiger partial charge in [-0.3, -0.25) is 14.1 Å². The second kappa shape index (κ2) is 18.7. The average molecular weight is 813 g/mol. The lowest BCUT2D eigenvalue weighted by Gasteiger charge is -2.54. The quantitative estimate of drug-likeness (QED) is 0.0773. The summed E-state index contributed by atoms with van der Waals surface area (Å²) in [6.45, 7) is 21.4. The molecule has 2 aromatic carbocycles. The number of rotatable bonds is 16. The molecule has 0 fully saturated rings. The number of carbonyl (C=O) groups is 2. The van der Waals surface area contributed by atoms with Crippen molar-refractivity contribution in [3.8, 4) is 0 Å². The molecule has 0 amide bonds. The fourth-order valence-corrected chi connectivity index (χ4v) is 8.11. The van der Waals surface area contributed by atoms with Gasteiger partial charge in [0.2, 0.25) is 0 Å². The summed E-state index contributed by atoms with van der Waals surface area (Å²) >= 11 is 0. The first-order chi connectivity index (χ1) is 25.1. The highest BCUT2D eigenvalue weighted by molar-refractivity contribution is 7.39. The molecule has 0 aliphatic rings. The molecule has 55 heavy (non-hydrogen) atoms. The Morgan fingerprint density at radius 1 is 0.564 bits per heavy atom. The number of methoxy groups -OCH3 is 2. The minimum Gasteiger partial charge on any atom is -0.469 e. The molecular formula is C41H66O12P2. The summed E-state index contributed by atoms with van der Waals surface area (Å²) in [7, 11) is -3.66. The third-order valence-corrected chi connectivity index (χ3v) is 10.8. The fraction of sp³-hybridized carbons (Fsp3) is 0.659. The number of carbonyl (C=O) groups excluding carboxylic acids is 2. The van der Waals surface area contributed by atoms with Crippen molar-refractivity contribution in [2.24, 2.45) is 5.41 Å². The number of aliphatic hydroxyl groups is 2. The maximum Gasteiger partial charge on any atom is 0.328 e. The van der Waals surface area contributed by atoms with Crippen molar-refractivity contribution in [1.82, 2.24) is 0 Å². The van der Waals surface area contributed by atoms with E-state index < -0.39 is 69.7 Å². The number of aryl methyl sites for hydroxylation is 2. The van der Waals surface area contributed by atoms with Crippen LogP contribution in [0.2, 0.25) is 0 Å². The Hall–Kier alpha value is -2.08. The highest BCUT2D eigenvalue weighted by Gasteiger charge is 2.61. The zero-order valence-corrected chi connectivity index (χ0v) is 37.1. The summed E-state index contributed by atoms with van der Waals surface area (Å²) in [6, 6.07) is 7.75. The number of hydrogen-bond acceptors (Lipinski definition) is 12. The van der Waals surface area contributed by atoms with Gasteiger partial charge in [0.1, 0.15) is 5.60 Å². The monoisotopic (exact) mass is 812 g/mol. The van der Waals surface area contributed by atoms with Crippen LogP contribution in [0.1, 0.15) is 140 Å². The van der Waals surface area contributed by atoms with E-state index in [1.807, 2.05) is 107 Å². The summed E-state index contributed by atoms with van der Waals surface area (Å²) in [5.74, 6) is -0.776. The molecule has 0 saturated heterocycles. The van der Waals surface area contributed by atoms with E-state index in [0.717, 1.165) is 11.1 Å². The maximum atomic E-state index is 12.4. The summed E-state index contributed by atoms with van der Waals surface area (Å²) in [6.07, 6.45) is 0.839. The first-order valence-electron chi connectivity index (χ1n) is 18.5. The number of esters is 2. The van der Waals surface area contributed by atoms with E-state index in [0.29, 0.717) is 46.2 Å². The lowest BCUT2D eigenvalue weighted by Crippen LogP contribution is -2.58. The van der Waals surface area contributed by atoms with Gasteiger partial charge >= 0.3 is 29.1 Å². The molecule has 0 aliphatic heterocycles. The van der Waals surface area contributed by atoms with Gasteiger partial charge in [0.25, 0.3) is 0 Å². The summed E-state index contributed by atoms with van der Waals surface area (Å²) in [5, 5.41) is 23.5. The van der Waals surface area contributed by atoms with E-state index in [1.54, 1.807) is 0 Å². The molecule has 0 heterocycles. The summed E-state index contributed by atoms with van der Waals surface area (Å²) in [4.78, 5) is 67.6. The Morgan fingerprint density at radius 3 is 1.09 bits per heavy atom. The van der Waals surface area contributed by atoms with Crippen molar-refractivity contribution in [2.45, 2.75) is 136 Å². The Morgan fingerprint density at radius 2 is 0.873 bits per heavy atom. The topological polar surface area (TPSA) is 192 Å². The van der Waals surface area contributed by atoms with Crippen LogP contribution >= 0.6 is 17.2 Å². The highest BCUT2D eigenvalue weighted by Crippen LogP contribution is 2.62. The van der Waals surface area contributed by atoms with Crippen molar-refractivity contribution in [1.29, 1.82) is 0 Å². The van der Waals surface area contributed by atoms with Crippen LogP contribution in [0.3, 0.4) is 0 Å². The number of ether oxygens (including phenoxy) is 2. The molecule has 12 nitrogen and oxygen atoms in total. The van der Waals surface area contributed by atoms with Crippen LogP contribution in [0.5, 0.6) is 0 Å². The van der Waals surface area contributed by atoms with E-state index in [4.69, 9.17) is 18.5 Å². The molecule has 0 spiro atoms. The molecule has 0 aromatic heterocycles. The van der Waals surface area contributed by atoms with E-state index in [2.05, 4.69) is 0 Å². The van der Waals surface area contributed by atoms with E-state index in [-0.39, 0.29) is 24.8 Å². The molecule has 0 bridgehead atoms. The number of hydrogen-bond donors (Lipinski definition) is 6. The molecule has 2 aromatic rings. The van der Waals surface area contributed by atoms with Gasteiger partial charge in [0.15, 0.2) is 0 Å². The fourth-order valence-electron chi connectivity index (χ4n) is 7.13. The molecule has 0 aliphatic carbocycles. The standard InChI is InChI=1S/C41H66O12P2/c1-36(2,3)28-19-26(15-17-32(44)50-13)20-29(37(4,5)6)34(28)41(53-55(48)49,40(23-42,24-43)25-52-54(46)47)35-30(38(7,8)9)21-27(16-18-33(45)51-14)22-31(35)39(10,11)12/h19-22,42-43,46-49H,15-18,23-25H2,1-14H3. The van der Waals surface area contributed by atoms with Gasteiger partial charge in [-0.15, -0.1) is 0 Å². The van der Waals surface area contributed by atoms with Gasteiger partial charge in [-0.25, -0.2) is 0 Å². The van der Waals surface area contributed by atoms with Gasteiger partial charge in [0, 0.05) is 12.8 Å². The van der Waals surface area contributed by atoms with Crippen molar-refractivity contribution in [3.63, 3.8) is 0 Å². The largest absolute Gasteiger partial charge is 0.469 e. The molecule has 0 radical (unpaired) electrons. The normalized spacial score (nSPS) is 13.5. The van der Waals surface area contributed by atoms with Crippen molar-refractivity contribution in [3.05, 3.63) is 68.8 Å². The highest BCUT2D eigenvalue weighted by atomic mass is 31.2. The predicted molar refractivity (Wildman–Crippen MR) is 215 cm³/mol. The van der Waals surface area contributed by atoms with Crippen LogP contribution in [-0.4, -0.2) is 75.8 Å². The zero-order chi connectivity index (χ0) is 42.5. The van der Waals surface area contributed by atoms with Gasteiger partial charge < -0.3 is 43.8 Å². The van der Waals surface area contributed by atoms with E-state index in [9.17, 15) is 39.4 Å². The van der Waals surface area contributed by atoms with Crippen molar-refractivity contribution in [2.75, 3.05) is 34.0 Å². The van der Waals surface area contributed by atoms with Crippen LogP contribution in [-0.2, 0) is 68.2 Å². The molecule has 0 saturated carbocycles. The van der Waals surface area contributed by atoms with Crippen molar-refractivity contribution >= 4 is 29.1 Å². The van der Waals surface area contributed by atoms with Crippen LogP contribution < -0.4 is 0 Å². The third-order valence-electron chi connectivity index (χ3n) is 10.1. The molecule has 2 rings (SSSR count). The Kier molecular flexibility index (Phi) is 16.7. The molecule has 14 heteroatoms. The molecular weight excluding hydrogens is 746 g/mol. The minimum atomic E-state index is -3.30. The molecule has 6 N–H and O–H groups in total. The van der Waals surface area contributed by atoms with Crippen LogP contribution in [0.25, 0.3) is 0 Å². The first kappa shape index (κ1) is 49.1. The van der Waals surface area contributed by atoms with E-state index >= 15 is 0 Å². The minimum absolute atomic E-state index is 0.0974. The number of benzene rings is 2. The Labute approximate surface area is 330 Å². The Balaban J connectivity index is 3.72. The van der Waals surface area contributed by atoms with Crippen LogP contribution in [0.15, 0.2) is 24.3 Å². The molecule has 0 unspecified atom stereocenters. The second-order valence-electron chi connectivity index (χ2n) is 18.4. The van der Waals surface area contributed by atoms with Crippen LogP contribution in [0, 0.1) is 5.41 Å². The third kappa shape index (κ3) is 11.5. The summed E-state index contributed by atoms with van der Waals surface area (Å²) in [5.41, 5.74) is -2.01. The first-order valence-corrected chi connectivity index (χ1v) is 20.8. The molecule has 312 valence electrons. The zero-order valence-electron chi connectivity index (χ0n) is 35.3. The summed E-state index contributed by atoms with van der Waals surface area (Å²) < 4.78 is 22.2. The van der Waals surface area contributed by atoms with Gasteiger partial charge in [-0.2, -0.15) is 0 Å². The lowest BCUT2D eigenvalue weighted by atomic mass is 9.56. The number of aliphatic hydroxyl groups excluding tert-OH is 2. The lowest BCUT2D eigenvalue weighted by molar-refractivity contribution is -0.141. The van der Waals surface area contributed by atoms with E-state index in [1.165, 1.54) is 14.2 Å². The van der Waals surface area contributed by atoms with Gasteiger partial charge in [-0.05, 0) is 79.0 Å². The predicted octanol–water partition coefficient (Wildman–Crippen LogP) is 6.76.